The molecular weight excluding hydrogens is 256 g/mol. The van der Waals surface area contributed by atoms with Crippen LogP contribution in [-0.4, -0.2) is 6.54 Å². The van der Waals surface area contributed by atoms with Gasteiger partial charge in [0.1, 0.15) is 11.6 Å². The van der Waals surface area contributed by atoms with Crippen molar-refractivity contribution in [3.8, 4) is 0 Å². The van der Waals surface area contributed by atoms with E-state index in [1.54, 1.807) is 18.2 Å². The molecule has 104 valence electrons. The summed E-state index contributed by atoms with van der Waals surface area (Å²) in [6, 6.07) is 12.3. The maximum absolute atomic E-state index is 13.6. The number of rotatable bonds is 4. The Morgan fingerprint density at radius 3 is 2.65 bits per heavy atom. The van der Waals surface area contributed by atoms with Crippen LogP contribution < -0.4 is 5.32 Å². The van der Waals surface area contributed by atoms with Crippen molar-refractivity contribution in [2.45, 2.75) is 25.3 Å². The van der Waals surface area contributed by atoms with Crippen LogP contribution in [0.25, 0.3) is 0 Å². The molecule has 0 spiro atoms. The fourth-order valence-electron chi connectivity index (χ4n) is 2.90. The summed E-state index contributed by atoms with van der Waals surface area (Å²) < 4.78 is 27.1. The highest BCUT2D eigenvalue weighted by Crippen LogP contribution is 2.32. The van der Waals surface area contributed by atoms with Gasteiger partial charge in [-0.25, -0.2) is 8.78 Å². The molecule has 0 heterocycles. The van der Waals surface area contributed by atoms with Gasteiger partial charge < -0.3 is 5.32 Å². The second kappa shape index (κ2) is 5.71. The summed E-state index contributed by atoms with van der Waals surface area (Å²) >= 11 is 0. The van der Waals surface area contributed by atoms with Gasteiger partial charge in [0.2, 0.25) is 0 Å². The molecule has 0 radical (unpaired) electrons. The molecule has 0 fully saturated rings. The summed E-state index contributed by atoms with van der Waals surface area (Å²) in [4.78, 5) is 0. The van der Waals surface area contributed by atoms with Gasteiger partial charge in [0.15, 0.2) is 0 Å². The molecule has 1 N–H and O–H groups in total. The molecule has 1 aliphatic carbocycles. The molecule has 0 aromatic heterocycles. The van der Waals surface area contributed by atoms with Crippen LogP contribution in [0.2, 0.25) is 0 Å². The Bertz CT molecular complexity index is 610. The summed E-state index contributed by atoms with van der Waals surface area (Å²) in [5, 5.41) is 3.41. The number of fused-ring (bicyclic) bond motifs is 1. The number of hydrogen-bond donors (Lipinski definition) is 1. The summed E-state index contributed by atoms with van der Waals surface area (Å²) in [5.74, 6) is -0.270. The van der Waals surface area contributed by atoms with E-state index in [1.165, 1.54) is 12.1 Å². The highest BCUT2D eigenvalue weighted by atomic mass is 19.1. The van der Waals surface area contributed by atoms with Crippen LogP contribution in [0.15, 0.2) is 42.5 Å². The van der Waals surface area contributed by atoms with Crippen LogP contribution in [0.1, 0.15) is 29.2 Å². The molecule has 0 aliphatic heterocycles. The third-order valence-electron chi connectivity index (χ3n) is 3.96. The molecule has 0 saturated heterocycles. The molecule has 3 rings (SSSR count). The molecule has 0 amide bonds. The van der Waals surface area contributed by atoms with Crippen molar-refractivity contribution >= 4 is 0 Å². The summed E-state index contributed by atoms with van der Waals surface area (Å²) in [6.45, 7) is 0.696. The van der Waals surface area contributed by atoms with E-state index < -0.39 is 0 Å². The van der Waals surface area contributed by atoms with E-state index in [0.29, 0.717) is 13.0 Å². The van der Waals surface area contributed by atoms with Crippen LogP contribution in [0.5, 0.6) is 0 Å². The smallest absolute Gasteiger partial charge is 0.126 e. The molecule has 1 unspecified atom stereocenters. The predicted molar refractivity (Wildman–Crippen MR) is 75.6 cm³/mol. The van der Waals surface area contributed by atoms with Gasteiger partial charge in [-0.2, -0.15) is 0 Å². The van der Waals surface area contributed by atoms with Gasteiger partial charge in [0, 0.05) is 6.04 Å². The minimum Gasteiger partial charge on any atom is -0.310 e. The Kier molecular flexibility index (Phi) is 3.79. The van der Waals surface area contributed by atoms with Gasteiger partial charge >= 0.3 is 0 Å². The minimum absolute atomic E-state index is 0.110. The van der Waals surface area contributed by atoms with E-state index in [9.17, 15) is 8.78 Å². The van der Waals surface area contributed by atoms with Gasteiger partial charge in [0.25, 0.3) is 0 Å². The van der Waals surface area contributed by atoms with Crippen LogP contribution in [0, 0.1) is 11.6 Å². The van der Waals surface area contributed by atoms with Gasteiger partial charge in [-0.05, 0) is 54.6 Å². The molecule has 1 aliphatic rings. The number of halogens is 2. The van der Waals surface area contributed by atoms with Crippen molar-refractivity contribution in [1.29, 1.82) is 0 Å². The highest BCUT2D eigenvalue weighted by molar-refractivity contribution is 5.35. The average molecular weight is 273 g/mol. The Morgan fingerprint density at radius 1 is 1.00 bits per heavy atom. The Balaban J connectivity index is 1.62. The van der Waals surface area contributed by atoms with Crippen LogP contribution in [0.3, 0.4) is 0 Å². The molecule has 2 aromatic carbocycles. The molecular formula is C17H17F2N. The summed E-state index contributed by atoms with van der Waals surface area (Å²) in [5.41, 5.74) is 2.60. The zero-order chi connectivity index (χ0) is 13.9. The Labute approximate surface area is 117 Å². The summed E-state index contributed by atoms with van der Waals surface area (Å²) in [6.07, 6.45) is 2.33. The lowest BCUT2D eigenvalue weighted by Crippen LogP contribution is -2.22. The molecule has 1 atom stereocenters. The minimum atomic E-state index is -0.160. The predicted octanol–water partition coefficient (Wildman–Crippen LogP) is 3.78. The molecule has 20 heavy (non-hydrogen) atoms. The van der Waals surface area contributed by atoms with E-state index >= 15 is 0 Å². The van der Waals surface area contributed by atoms with Gasteiger partial charge in [-0.1, -0.05) is 30.3 Å². The zero-order valence-electron chi connectivity index (χ0n) is 11.2. The number of benzene rings is 2. The first kappa shape index (κ1) is 13.3. The topological polar surface area (TPSA) is 12.0 Å². The van der Waals surface area contributed by atoms with E-state index in [4.69, 9.17) is 0 Å². The van der Waals surface area contributed by atoms with Crippen LogP contribution >= 0.6 is 0 Å². The second-order valence-electron chi connectivity index (χ2n) is 5.19. The van der Waals surface area contributed by atoms with Crippen LogP contribution in [0.4, 0.5) is 8.78 Å². The second-order valence-corrected chi connectivity index (χ2v) is 5.19. The van der Waals surface area contributed by atoms with E-state index in [1.807, 2.05) is 12.1 Å². The third kappa shape index (κ3) is 2.59. The van der Waals surface area contributed by atoms with Crippen molar-refractivity contribution in [3.05, 3.63) is 70.8 Å². The van der Waals surface area contributed by atoms with E-state index in [2.05, 4.69) is 5.32 Å². The molecule has 0 saturated carbocycles. The SMILES string of the molecule is Fc1ccccc1CCNC1CCc2c(F)cccc21. The largest absolute Gasteiger partial charge is 0.310 e. The van der Waals surface area contributed by atoms with Gasteiger partial charge in [-0.3, -0.25) is 0 Å². The quantitative estimate of drug-likeness (QED) is 0.893. The maximum atomic E-state index is 13.6. The lowest BCUT2D eigenvalue weighted by molar-refractivity contribution is 0.526. The lowest BCUT2D eigenvalue weighted by Gasteiger charge is -2.14. The lowest BCUT2D eigenvalue weighted by atomic mass is 10.1. The molecule has 2 aromatic rings. The van der Waals surface area contributed by atoms with E-state index in [0.717, 1.165) is 29.5 Å². The van der Waals surface area contributed by atoms with Crippen molar-refractivity contribution in [3.63, 3.8) is 0 Å². The molecule has 1 nitrogen and oxygen atoms in total. The fraction of sp³-hybridized carbons (Fsp3) is 0.294. The first-order valence-electron chi connectivity index (χ1n) is 7.00. The highest BCUT2D eigenvalue weighted by Gasteiger charge is 2.24. The normalized spacial score (nSPS) is 17.2. The first-order valence-corrected chi connectivity index (χ1v) is 7.00. The summed E-state index contributed by atoms with van der Waals surface area (Å²) in [7, 11) is 0. The fourth-order valence-corrected chi connectivity index (χ4v) is 2.90. The number of nitrogens with one attached hydrogen (secondary N) is 1. The third-order valence-corrected chi connectivity index (χ3v) is 3.96. The average Bonchev–Trinajstić information content (AvgIpc) is 2.86. The molecule has 0 bridgehead atoms. The van der Waals surface area contributed by atoms with Crippen molar-refractivity contribution in [2.24, 2.45) is 0 Å². The zero-order valence-corrected chi connectivity index (χ0v) is 11.2. The Hall–Kier alpha value is -1.74. The van der Waals surface area contributed by atoms with Gasteiger partial charge in [0.05, 0.1) is 0 Å². The standard InChI is InChI=1S/C17H17F2N/c18-15-6-2-1-4-12(15)10-11-20-17-9-8-13-14(17)5-3-7-16(13)19/h1-7,17,20H,8-11H2. The molecule has 3 heteroatoms. The van der Waals surface area contributed by atoms with Crippen molar-refractivity contribution < 1.29 is 8.78 Å². The maximum Gasteiger partial charge on any atom is 0.126 e. The van der Waals surface area contributed by atoms with Crippen LogP contribution in [-0.2, 0) is 12.8 Å². The first-order chi connectivity index (χ1) is 9.75. The monoisotopic (exact) mass is 273 g/mol. The number of hydrogen-bond acceptors (Lipinski definition) is 1. The van der Waals surface area contributed by atoms with Crippen molar-refractivity contribution in [2.75, 3.05) is 6.54 Å². The van der Waals surface area contributed by atoms with Crippen molar-refractivity contribution in [1.82, 2.24) is 5.32 Å². The Morgan fingerprint density at radius 2 is 1.80 bits per heavy atom. The van der Waals surface area contributed by atoms with Gasteiger partial charge in [-0.15, -0.1) is 0 Å². The van der Waals surface area contributed by atoms with E-state index in [-0.39, 0.29) is 17.7 Å².